The highest BCUT2D eigenvalue weighted by atomic mass is 15.3. The highest BCUT2D eigenvalue weighted by Crippen LogP contribution is 2.15. The average molecular weight is 379 g/mol. The van der Waals surface area contributed by atoms with Crippen molar-refractivity contribution in [1.82, 2.24) is 15.4 Å². The molecule has 1 heterocycles. The Morgan fingerprint density at radius 3 is 2.48 bits per heavy atom. The predicted octanol–water partition coefficient (Wildman–Crippen LogP) is 5.24. The molecule has 0 bridgehead atoms. The lowest BCUT2D eigenvalue weighted by Crippen LogP contribution is -2.20. The zero-order valence-electron chi connectivity index (χ0n) is 16.1. The van der Waals surface area contributed by atoms with E-state index < -0.39 is 0 Å². The van der Waals surface area contributed by atoms with E-state index in [4.69, 9.17) is 4.99 Å². The smallest absolute Gasteiger partial charge is 0.190 e. The van der Waals surface area contributed by atoms with Crippen LogP contribution in [0.4, 0.5) is 5.69 Å². The molecule has 29 heavy (non-hydrogen) atoms. The molecule has 0 saturated carbocycles. The highest BCUT2D eigenvalue weighted by molar-refractivity contribution is 6.00. The minimum absolute atomic E-state index is 0.550. The fourth-order valence-corrected chi connectivity index (χ4v) is 2.80. The summed E-state index contributed by atoms with van der Waals surface area (Å²) >= 11 is 0. The number of aromatic nitrogens is 2. The van der Waals surface area contributed by atoms with Crippen LogP contribution in [0.3, 0.4) is 0 Å². The van der Waals surface area contributed by atoms with E-state index in [1.165, 1.54) is 5.56 Å². The molecule has 5 nitrogen and oxygen atoms in total. The predicted molar refractivity (Wildman–Crippen MR) is 121 cm³/mol. The van der Waals surface area contributed by atoms with Gasteiger partial charge in [-0.2, -0.15) is 5.10 Å². The van der Waals surface area contributed by atoms with Crippen molar-refractivity contribution in [2.24, 2.45) is 10.1 Å². The van der Waals surface area contributed by atoms with E-state index in [2.05, 4.69) is 27.4 Å². The van der Waals surface area contributed by atoms with Gasteiger partial charge in [0.1, 0.15) is 0 Å². The van der Waals surface area contributed by atoms with Gasteiger partial charge in [0.05, 0.1) is 16.7 Å². The number of benzene rings is 3. The van der Waals surface area contributed by atoms with Crippen molar-refractivity contribution >= 4 is 34.8 Å². The number of allylic oxidation sites excluding steroid dienone is 1. The number of amidine groups is 1. The number of fused-ring (bicyclic) bond motifs is 1. The highest BCUT2D eigenvalue weighted by Gasteiger charge is 2.09. The second-order valence-corrected chi connectivity index (χ2v) is 6.56. The van der Waals surface area contributed by atoms with Crippen LogP contribution in [0.25, 0.3) is 17.1 Å². The van der Waals surface area contributed by atoms with Gasteiger partial charge in [0.2, 0.25) is 0 Å². The number of rotatable bonds is 5. The van der Waals surface area contributed by atoms with Crippen LogP contribution in [0.5, 0.6) is 0 Å². The summed E-state index contributed by atoms with van der Waals surface area (Å²) in [5.41, 5.74) is 7.99. The van der Waals surface area contributed by atoms with E-state index in [1.54, 1.807) is 6.21 Å². The van der Waals surface area contributed by atoms with Gasteiger partial charge in [0.25, 0.3) is 0 Å². The summed E-state index contributed by atoms with van der Waals surface area (Å²) in [5, 5.41) is 4.29. The average Bonchev–Trinajstić information content (AvgIpc) is 3.19. The molecule has 142 valence electrons. The Kier molecular flexibility index (Phi) is 5.58. The van der Waals surface area contributed by atoms with E-state index >= 15 is 0 Å². The third-order valence-corrected chi connectivity index (χ3v) is 4.31. The van der Waals surface area contributed by atoms with Crippen molar-refractivity contribution in [3.05, 3.63) is 102 Å². The summed E-state index contributed by atoms with van der Waals surface area (Å²) in [4.78, 5) is 12.6. The lowest BCUT2D eigenvalue weighted by atomic mass is 10.2. The first-order valence-electron chi connectivity index (χ1n) is 9.39. The number of aliphatic imine (C=N–C) groups is 1. The van der Waals surface area contributed by atoms with Gasteiger partial charge in [0.15, 0.2) is 11.7 Å². The number of aromatic amines is 1. The number of para-hydroxylation sites is 2. The fraction of sp³-hybridized carbons (Fsp3) is 0.0417. The minimum atomic E-state index is 0.550. The molecular weight excluding hydrogens is 358 g/mol. The normalized spacial score (nSPS) is 12.2. The van der Waals surface area contributed by atoms with Crippen molar-refractivity contribution in [1.29, 1.82) is 0 Å². The first kappa shape index (κ1) is 18.4. The van der Waals surface area contributed by atoms with Gasteiger partial charge in [-0.05, 0) is 42.8 Å². The van der Waals surface area contributed by atoms with Gasteiger partial charge in [-0.25, -0.2) is 9.98 Å². The molecule has 4 aromatic rings. The first-order valence-corrected chi connectivity index (χ1v) is 9.39. The van der Waals surface area contributed by atoms with Crippen LogP contribution >= 0.6 is 0 Å². The Labute approximate surface area is 169 Å². The third kappa shape index (κ3) is 4.84. The van der Waals surface area contributed by atoms with E-state index in [0.29, 0.717) is 11.7 Å². The molecule has 0 spiro atoms. The summed E-state index contributed by atoms with van der Waals surface area (Å²) in [6.45, 7) is 2.05. The number of hydrogen-bond acceptors (Lipinski definition) is 3. The molecule has 0 radical (unpaired) electrons. The van der Waals surface area contributed by atoms with E-state index in [1.807, 2.05) is 91.0 Å². The van der Waals surface area contributed by atoms with Crippen molar-refractivity contribution in [3.8, 4) is 0 Å². The van der Waals surface area contributed by atoms with Crippen molar-refractivity contribution in [2.75, 3.05) is 0 Å². The fourth-order valence-electron chi connectivity index (χ4n) is 2.80. The van der Waals surface area contributed by atoms with Crippen LogP contribution < -0.4 is 5.43 Å². The van der Waals surface area contributed by atoms with Crippen LogP contribution in [0.1, 0.15) is 17.0 Å². The molecule has 3 aromatic carbocycles. The number of hydrogen-bond donors (Lipinski definition) is 2. The Balaban J connectivity index is 1.58. The number of H-pyrrole nitrogens is 1. The van der Waals surface area contributed by atoms with Gasteiger partial charge in [-0.15, -0.1) is 0 Å². The molecule has 0 amide bonds. The Hall–Kier alpha value is -3.99. The zero-order valence-corrected chi connectivity index (χ0v) is 16.1. The summed E-state index contributed by atoms with van der Waals surface area (Å²) in [6.07, 6.45) is 5.56. The maximum absolute atomic E-state index is 4.69. The van der Waals surface area contributed by atoms with E-state index in [9.17, 15) is 0 Å². The van der Waals surface area contributed by atoms with E-state index in [0.717, 1.165) is 22.3 Å². The molecule has 0 saturated heterocycles. The van der Waals surface area contributed by atoms with E-state index in [-0.39, 0.29) is 0 Å². The molecule has 4 rings (SSSR count). The van der Waals surface area contributed by atoms with Gasteiger partial charge < -0.3 is 4.98 Å². The lowest BCUT2D eigenvalue weighted by Gasteiger charge is -2.03. The molecule has 0 aliphatic rings. The summed E-state index contributed by atoms with van der Waals surface area (Å²) < 4.78 is 0. The zero-order chi connectivity index (χ0) is 19.9. The number of nitrogens with zero attached hydrogens (tertiary/aromatic N) is 3. The van der Waals surface area contributed by atoms with Gasteiger partial charge in [-0.3, -0.25) is 5.43 Å². The van der Waals surface area contributed by atoms with Crippen LogP contribution in [0.15, 0.2) is 95.0 Å². The van der Waals surface area contributed by atoms with Gasteiger partial charge in [-0.1, -0.05) is 66.2 Å². The van der Waals surface area contributed by atoms with Crippen molar-refractivity contribution in [3.63, 3.8) is 0 Å². The topological polar surface area (TPSA) is 65.4 Å². The molecule has 0 unspecified atom stereocenters. The Morgan fingerprint density at radius 1 is 0.931 bits per heavy atom. The van der Waals surface area contributed by atoms with Crippen LogP contribution in [0, 0.1) is 6.92 Å². The van der Waals surface area contributed by atoms with Crippen LogP contribution in [-0.4, -0.2) is 22.0 Å². The number of imidazole rings is 1. The number of hydrazone groups is 1. The monoisotopic (exact) mass is 379 g/mol. The largest absolute Gasteiger partial charge is 0.335 e. The quantitative estimate of drug-likeness (QED) is 0.283. The second kappa shape index (κ2) is 8.80. The molecule has 2 N–H and O–H groups in total. The number of aryl methyl sites for hydroxylation is 1. The van der Waals surface area contributed by atoms with Crippen molar-refractivity contribution in [2.45, 2.75) is 6.92 Å². The standard InChI is InChI=1S/C24H21N5/c1-18-13-15-20(16-14-18)26-24(23-27-21-11-5-6-12-22(21)28-23)29-25-17-7-10-19-8-3-2-4-9-19/h2-17H,1H3,(H,26,29)(H,27,28)/b10-7+,25-17-. The molecule has 0 aliphatic carbocycles. The number of nitrogens with one attached hydrogen (secondary N) is 2. The minimum Gasteiger partial charge on any atom is -0.335 e. The van der Waals surface area contributed by atoms with Gasteiger partial charge >= 0.3 is 0 Å². The molecule has 0 atom stereocenters. The lowest BCUT2D eigenvalue weighted by molar-refractivity contribution is 1.01. The molecule has 5 heteroatoms. The molecule has 1 aromatic heterocycles. The SMILES string of the molecule is Cc1ccc(N=C(N/N=C\C=C\c2ccccc2)c2nc3ccccc3[nH]2)cc1. The summed E-state index contributed by atoms with van der Waals surface area (Å²) in [7, 11) is 0. The molecular formula is C24H21N5. The van der Waals surface area contributed by atoms with Crippen molar-refractivity contribution < 1.29 is 0 Å². The summed E-state index contributed by atoms with van der Waals surface area (Å²) in [6, 6.07) is 26.0. The van der Waals surface area contributed by atoms with Crippen LogP contribution in [0.2, 0.25) is 0 Å². The molecule has 0 aliphatic heterocycles. The van der Waals surface area contributed by atoms with Gasteiger partial charge in [0, 0.05) is 6.21 Å². The maximum Gasteiger partial charge on any atom is 0.190 e. The van der Waals surface area contributed by atoms with Crippen LogP contribution in [-0.2, 0) is 0 Å². The Bertz CT molecular complexity index is 1140. The summed E-state index contributed by atoms with van der Waals surface area (Å²) in [5.74, 6) is 1.19. The first-order chi connectivity index (χ1) is 14.3. The Morgan fingerprint density at radius 2 is 1.69 bits per heavy atom. The molecule has 0 fully saturated rings. The maximum atomic E-state index is 4.69. The third-order valence-electron chi connectivity index (χ3n) is 4.31. The second-order valence-electron chi connectivity index (χ2n) is 6.56.